The van der Waals surface area contributed by atoms with E-state index in [9.17, 15) is 5.11 Å². The predicted octanol–water partition coefficient (Wildman–Crippen LogP) is 1.75. The summed E-state index contributed by atoms with van der Waals surface area (Å²) in [6, 6.07) is 7.89. The molecule has 9 nitrogen and oxygen atoms in total. The van der Waals surface area contributed by atoms with Gasteiger partial charge in [-0.1, -0.05) is 25.1 Å². The second-order valence-corrected chi connectivity index (χ2v) is 8.52. The van der Waals surface area contributed by atoms with Crippen molar-refractivity contribution in [2.75, 3.05) is 51.8 Å². The quantitative estimate of drug-likeness (QED) is 0.341. The summed E-state index contributed by atoms with van der Waals surface area (Å²) in [6.45, 7) is 11.1. The third-order valence-corrected chi connectivity index (χ3v) is 5.23. The molecule has 0 atom stereocenters. The van der Waals surface area contributed by atoms with Crippen molar-refractivity contribution in [3.8, 4) is 0 Å². The number of nitrogen functional groups attached to an aromatic ring is 1. The molecule has 0 saturated heterocycles. The summed E-state index contributed by atoms with van der Waals surface area (Å²) in [4.78, 5) is 11.7. The van der Waals surface area contributed by atoms with E-state index in [-0.39, 0.29) is 0 Å². The van der Waals surface area contributed by atoms with Crippen molar-refractivity contribution in [2.45, 2.75) is 39.5 Å². The van der Waals surface area contributed by atoms with Crippen LogP contribution in [-0.4, -0.2) is 76.2 Å². The molecule has 0 radical (unpaired) electrons. The zero-order chi connectivity index (χ0) is 23.1. The van der Waals surface area contributed by atoms with Crippen LogP contribution in [0.2, 0.25) is 0 Å². The fourth-order valence-corrected chi connectivity index (χ4v) is 3.73. The summed E-state index contributed by atoms with van der Waals surface area (Å²) in [5.74, 6) is 1.25. The van der Waals surface area contributed by atoms with E-state index < -0.39 is 5.60 Å². The lowest BCUT2D eigenvalue weighted by Gasteiger charge is -2.24. The summed E-state index contributed by atoms with van der Waals surface area (Å²) in [6.07, 6.45) is 0. The number of pyridine rings is 1. The van der Waals surface area contributed by atoms with Crippen molar-refractivity contribution in [3.63, 3.8) is 0 Å². The number of fused-ring (bicyclic) bond motifs is 3. The van der Waals surface area contributed by atoms with Crippen LogP contribution < -0.4 is 11.5 Å². The van der Waals surface area contributed by atoms with E-state index in [4.69, 9.17) is 25.9 Å². The van der Waals surface area contributed by atoms with Gasteiger partial charge in [-0.3, -0.25) is 4.90 Å². The highest BCUT2D eigenvalue weighted by Crippen LogP contribution is 2.30. The molecule has 3 rings (SSSR count). The lowest BCUT2D eigenvalue weighted by atomic mass is 10.1. The van der Waals surface area contributed by atoms with E-state index in [2.05, 4.69) is 21.4 Å². The average molecular weight is 445 g/mol. The Hall–Kier alpha value is -2.30. The van der Waals surface area contributed by atoms with E-state index >= 15 is 0 Å². The summed E-state index contributed by atoms with van der Waals surface area (Å²) in [5.41, 5.74) is 13.2. The topological polar surface area (TPSA) is 125 Å². The van der Waals surface area contributed by atoms with E-state index in [1.807, 2.05) is 24.3 Å². The van der Waals surface area contributed by atoms with Gasteiger partial charge >= 0.3 is 0 Å². The number of ether oxygens (including phenoxy) is 2. The maximum atomic E-state index is 10.6. The maximum absolute atomic E-state index is 10.6. The van der Waals surface area contributed by atoms with Crippen LogP contribution in [0.3, 0.4) is 0 Å². The van der Waals surface area contributed by atoms with Crippen molar-refractivity contribution in [2.24, 2.45) is 5.73 Å². The molecule has 5 N–H and O–H groups in total. The minimum absolute atomic E-state index is 0.401. The van der Waals surface area contributed by atoms with Crippen molar-refractivity contribution in [1.29, 1.82) is 0 Å². The van der Waals surface area contributed by atoms with E-state index in [0.717, 1.165) is 35.3 Å². The van der Waals surface area contributed by atoms with Crippen molar-refractivity contribution in [1.82, 2.24) is 19.4 Å². The molecule has 0 bridgehead atoms. The molecule has 0 unspecified atom stereocenters. The zero-order valence-corrected chi connectivity index (χ0v) is 19.4. The smallest absolute Gasteiger partial charge is 0.152 e. The number of imidazole rings is 1. The Balaban J connectivity index is 1.84. The minimum Gasteiger partial charge on any atom is -0.389 e. The van der Waals surface area contributed by atoms with E-state index in [1.54, 1.807) is 13.8 Å². The first-order valence-corrected chi connectivity index (χ1v) is 11.2. The number of nitrogens with zero attached hydrogens (tertiary/aromatic N) is 4. The molecule has 1 aromatic carbocycles. The van der Waals surface area contributed by atoms with E-state index in [0.29, 0.717) is 57.4 Å². The first-order valence-electron chi connectivity index (χ1n) is 11.2. The van der Waals surface area contributed by atoms with Gasteiger partial charge in [0.15, 0.2) is 5.82 Å². The van der Waals surface area contributed by atoms with Gasteiger partial charge in [-0.05, 0) is 26.5 Å². The summed E-state index contributed by atoms with van der Waals surface area (Å²) in [7, 11) is 0. The number of hydrogen-bond donors (Lipinski definition) is 3. The molecule has 32 heavy (non-hydrogen) atoms. The van der Waals surface area contributed by atoms with Gasteiger partial charge in [-0.2, -0.15) is 0 Å². The Morgan fingerprint density at radius 3 is 2.50 bits per heavy atom. The van der Waals surface area contributed by atoms with Crippen LogP contribution in [0.25, 0.3) is 21.9 Å². The monoisotopic (exact) mass is 444 g/mol. The van der Waals surface area contributed by atoms with Gasteiger partial charge in [-0.25, -0.2) is 9.97 Å². The number of hydrogen-bond acceptors (Lipinski definition) is 8. The number of nitrogens with two attached hydrogens (primary N) is 2. The van der Waals surface area contributed by atoms with Crippen LogP contribution in [0.4, 0.5) is 5.82 Å². The number of aliphatic hydroxyl groups is 1. The Bertz CT molecular complexity index is 1010. The highest BCUT2D eigenvalue weighted by atomic mass is 16.5. The Labute approximate surface area is 189 Å². The molecule has 2 heterocycles. The predicted molar refractivity (Wildman–Crippen MR) is 127 cm³/mol. The van der Waals surface area contributed by atoms with Crippen LogP contribution in [0.15, 0.2) is 24.3 Å². The lowest BCUT2D eigenvalue weighted by molar-refractivity contribution is 0.0398. The van der Waals surface area contributed by atoms with Gasteiger partial charge in [0, 0.05) is 18.5 Å². The summed E-state index contributed by atoms with van der Waals surface area (Å²) in [5, 5.41) is 11.6. The molecular weight excluding hydrogens is 408 g/mol. The van der Waals surface area contributed by atoms with Crippen molar-refractivity contribution in [3.05, 3.63) is 30.1 Å². The first-order chi connectivity index (χ1) is 15.3. The minimum atomic E-state index is -0.912. The number of para-hydroxylation sites is 1. The second-order valence-electron chi connectivity index (χ2n) is 8.52. The molecule has 0 amide bonds. The lowest BCUT2D eigenvalue weighted by Crippen LogP contribution is -2.31. The Morgan fingerprint density at radius 1 is 1.09 bits per heavy atom. The third kappa shape index (κ3) is 6.14. The highest BCUT2D eigenvalue weighted by Gasteiger charge is 2.23. The molecule has 0 spiro atoms. The fraction of sp³-hybridized carbons (Fsp3) is 0.565. The molecule has 9 heteroatoms. The number of aromatic nitrogens is 3. The summed E-state index contributed by atoms with van der Waals surface area (Å²) >= 11 is 0. The molecule has 0 saturated carbocycles. The van der Waals surface area contributed by atoms with Gasteiger partial charge < -0.3 is 30.6 Å². The normalized spacial score (nSPS) is 12.4. The van der Waals surface area contributed by atoms with Gasteiger partial charge in [0.2, 0.25) is 0 Å². The largest absolute Gasteiger partial charge is 0.389 e. The van der Waals surface area contributed by atoms with Crippen LogP contribution >= 0.6 is 0 Å². The summed E-state index contributed by atoms with van der Waals surface area (Å²) < 4.78 is 13.1. The van der Waals surface area contributed by atoms with Gasteiger partial charge in [0.05, 0.1) is 56.2 Å². The highest BCUT2D eigenvalue weighted by molar-refractivity contribution is 6.06. The first kappa shape index (κ1) is 24.3. The fourth-order valence-electron chi connectivity index (χ4n) is 3.73. The standard InChI is InChI=1S/C23H36N6O3/c1-4-28(10-12-32-14-13-31-11-9-24)15-19-27-20-21(29(19)16-23(2,3)30)17-7-5-6-8-18(17)26-22(20)25/h5-8,30H,4,9-16,24H2,1-3H3,(H2,25,26). The van der Waals surface area contributed by atoms with Crippen LogP contribution in [0.5, 0.6) is 0 Å². The zero-order valence-electron chi connectivity index (χ0n) is 19.4. The molecule has 0 aliphatic carbocycles. The van der Waals surface area contributed by atoms with Crippen LogP contribution in [0, 0.1) is 0 Å². The van der Waals surface area contributed by atoms with Crippen LogP contribution in [0.1, 0.15) is 26.6 Å². The Morgan fingerprint density at radius 2 is 1.81 bits per heavy atom. The molecule has 2 aromatic heterocycles. The van der Waals surface area contributed by atoms with Crippen LogP contribution in [-0.2, 0) is 22.6 Å². The average Bonchev–Trinajstić information content (AvgIpc) is 3.09. The molecule has 0 aliphatic heterocycles. The number of likely N-dealkylation sites (N-methyl/N-ethyl adjacent to an activating group) is 1. The molecule has 0 fully saturated rings. The van der Waals surface area contributed by atoms with E-state index in [1.165, 1.54) is 0 Å². The number of benzene rings is 1. The Kier molecular flexibility index (Phi) is 8.38. The second kappa shape index (κ2) is 11.0. The third-order valence-electron chi connectivity index (χ3n) is 5.23. The number of rotatable bonds is 13. The van der Waals surface area contributed by atoms with Gasteiger partial charge in [0.1, 0.15) is 11.3 Å². The van der Waals surface area contributed by atoms with Crippen molar-refractivity contribution >= 4 is 27.8 Å². The number of anilines is 1. The molecule has 3 aromatic rings. The molecular formula is C23H36N6O3. The van der Waals surface area contributed by atoms with Gasteiger partial charge in [-0.15, -0.1) is 0 Å². The molecule has 0 aliphatic rings. The van der Waals surface area contributed by atoms with Gasteiger partial charge in [0.25, 0.3) is 0 Å². The van der Waals surface area contributed by atoms with Crippen molar-refractivity contribution < 1.29 is 14.6 Å². The molecule has 176 valence electrons. The maximum Gasteiger partial charge on any atom is 0.152 e. The SMILES string of the molecule is CCN(CCOCCOCCN)Cc1nc2c(N)nc3ccccc3c2n1CC(C)(C)O.